The summed E-state index contributed by atoms with van der Waals surface area (Å²) < 4.78 is 0. The van der Waals surface area contributed by atoms with E-state index in [1.165, 1.54) is 0 Å². The molecule has 0 unspecified atom stereocenters. The van der Waals surface area contributed by atoms with Crippen molar-refractivity contribution < 1.29 is 48.3 Å². The SMILES string of the molecule is CC(C)C[C@H](NC(=O)[C@H](CCCCN)NC(=O)[C@H](CCCN=C(N)N)NC(=O)[C@H](Cc1ccccc1)NC(=O)[C@@H](N)Cc1ccccc1)C(=O)N[C@@H](CCCCN)C(=O)N[C@@H](CCCCN)C(=O)N[C@@H](CO)C(=O)N[C@H](C(N)=O)C(C)C. The van der Waals surface area contributed by atoms with Gasteiger partial charge in [0.05, 0.1) is 12.6 Å². The number of carbonyl (C=O) groups excluding carboxylic acids is 9. The first-order chi connectivity index (χ1) is 39.0. The molecule has 0 aliphatic heterocycles. The Labute approximate surface area is 481 Å². The number of aliphatic imine (C=N–C) groups is 1. The van der Waals surface area contributed by atoms with Gasteiger partial charge in [0.1, 0.15) is 48.3 Å². The molecule has 0 saturated heterocycles. The van der Waals surface area contributed by atoms with Crippen LogP contribution in [0, 0.1) is 11.8 Å². The van der Waals surface area contributed by atoms with Crippen LogP contribution in [0.4, 0.5) is 0 Å². The van der Waals surface area contributed by atoms with Crippen LogP contribution in [-0.2, 0) is 56.0 Å². The van der Waals surface area contributed by atoms with E-state index < -0.39 is 120 Å². The standard InChI is InChI=1S/C56H94N16O10/c1-34(2)30-43(53(80)67-39(22-11-14-26-57)49(76)66-41(24-13-16-28-59)52(79)71-45(33-73)55(82)72-46(35(3)4)47(61)74)70-51(78)40(23-12-15-27-58)65-50(77)42(25-17-29-64-56(62)63)68-54(81)44(32-37-20-9-6-10-21-37)69-48(75)38(60)31-36-18-7-5-8-19-36/h5-10,18-21,34-35,38-46,73H,11-17,22-33,57-60H2,1-4H3,(H2,61,74)(H,65,77)(H,66,76)(H,67,80)(H,68,81)(H,69,75)(H,70,78)(H,71,79)(H,72,82)(H4,62,63,64)/t38-,39-,40-,41-,42-,43-,44-,45-,46-/m0/s1. The Morgan fingerprint density at radius 3 is 1.18 bits per heavy atom. The molecule has 2 rings (SSSR count). The zero-order valence-electron chi connectivity index (χ0n) is 48.2. The molecular formula is C56H94N16O10. The van der Waals surface area contributed by atoms with Crippen LogP contribution < -0.4 is 82.7 Å². The lowest BCUT2D eigenvalue weighted by Gasteiger charge is -2.29. The number of unbranched alkanes of at least 4 members (excludes halogenated alkanes) is 3. The lowest BCUT2D eigenvalue weighted by molar-refractivity contribution is -0.136. The fourth-order valence-electron chi connectivity index (χ4n) is 8.71. The van der Waals surface area contributed by atoms with Gasteiger partial charge in [0, 0.05) is 13.0 Å². The summed E-state index contributed by atoms with van der Waals surface area (Å²) in [6.45, 7) is 6.97. The van der Waals surface area contributed by atoms with Gasteiger partial charge in [0.25, 0.3) is 0 Å². The fraction of sp³-hybridized carbons (Fsp3) is 0.607. The smallest absolute Gasteiger partial charge is 0.245 e. The van der Waals surface area contributed by atoms with Crippen molar-refractivity contribution in [1.82, 2.24) is 42.5 Å². The number of aliphatic hydroxyl groups excluding tert-OH is 1. The van der Waals surface area contributed by atoms with Crippen LogP contribution in [-0.4, -0.2) is 151 Å². The summed E-state index contributed by atoms with van der Waals surface area (Å²) in [5.74, 6) is -7.69. The first kappa shape index (κ1) is 70.8. The predicted octanol–water partition coefficient (Wildman–Crippen LogP) is -2.70. The largest absolute Gasteiger partial charge is 0.394 e. The second-order valence-electron chi connectivity index (χ2n) is 21.2. The number of guanidine groups is 1. The number of amides is 9. The van der Waals surface area contributed by atoms with Gasteiger partial charge in [0.15, 0.2) is 5.96 Å². The molecule has 0 heterocycles. The van der Waals surface area contributed by atoms with Crippen LogP contribution in [0.15, 0.2) is 65.7 Å². The van der Waals surface area contributed by atoms with E-state index in [0.29, 0.717) is 44.1 Å². The summed E-state index contributed by atoms with van der Waals surface area (Å²) >= 11 is 0. The Hall–Kier alpha value is -7.26. The van der Waals surface area contributed by atoms with Crippen molar-refractivity contribution in [1.29, 1.82) is 0 Å². The number of aliphatic hydroxyl groups is 1. The third kappa shape index (κ3) is 27.5. The Balaban J connectivity index is 2.48. The molecule has 0 aliphatic carbocycles. The number of nitrogens with one attached hydrogen (secondary N) is 8. The van der Waals surface area contributed by atoms with Crippen molar-refractivity contribution in [2.24, 2.45) is 57.0 Å². The summed E-state index contributed by atoms with van der Waals surface area (Å²) in [7, 11) is 0. The summed E-state index contributed by atoms with van der Waals surface area (Å²) in [4.78, 5) is 129. The molecule has 0 bridgehead atoms. The van der Waals surface area contributed by atoms with Crippen LogP contribution in [0.3, 0.4) is 0 Å². The molecule has 82 heavy (non-hydrogen) atoms. The van der Waals surface area contributed by atoms with Crippen molar-refractivity contribution >= 4 is 59.1 Å². The number of nitrogens with two attached hydrogens (primary N) is 7. The molecule has 2 aromatic carbocycles. The highest BCUT2D eigenvalue weighted by molar-refractivity contribution is 5.98. The minimum Gasteiger partial charge on any atom is -0.394 e. The number of hydrogen-bond acceptors (Lipinski definition) is 15. The van der Waals surface area contributed by atoms with Crippen molar-refractivity contribution in [3.8, 4) is 0 Å². The van der Waals surface area contributed by atoms with E-state index >= 15 is 0 Å². The van der Waals surface area contributed by atoms with E-state index in [1.807, 2.05) is 44.2 Å². The molecule has 0 radical (unpaired) electrons. The summed E-state index contributed by atoms with van der Waals surface area (Å²) in [6.07, 6.45) is 3.15. The molecule has 2 aromatic rings. The van der Waals surface area contributed by atoms with Crippen molar-refractivity contribution in [3.63, 3.8) is 0 Å². The minimum atomic E-state index is -1.53. The third-order valence-corrected chi connectivity index (χ3v) is 13.3. The normalized spacial score (nSPS) is 14.5. The Kier molecular flexibility index (Phi) is 33.9. The van der Waals surface area contributed by atoms with Crippen LogP contribution >= 0.6 is 0 Å². The quantitative estimate of drug-likeness (QED) is 0.0183. The summed E-state index contributed by atoms with van der Waals surface area (Å²) in [5.41, 5.74) is 41.8. The van der Waals surface area contributed by atoms with Gasteiger partial charge < -0.3 is 87.8 Å². The maximum Gasteiger partial charge on any atom is 0.245 e. The van der Waals surface area contributed by atoms with Gasteiger partial charge in [0.2, 0.25) is 53.2 Å². The Bertz CT molecular complexity index is 2330. The third-order valence-electron chi connectivity index (χ3n) is 13.3. The van der Waals surface area contributed by atoms with Crippen molar-refractivity contribution in [2.75, 3.05) is 32.8 Å². The van der Waals surface area contributed by atoms with E-state index in [9.17, 15) is 48.3 Å². The van der Waals surface area contributed by atoms with Crippen molar-refractivity contribution in [3.05, 3.63) is 71.8 Å². The fourth-order valence-corrected chi connectivity index (χ4v) is 8.71. The highest BCUT2D eigenvalue weighted by Crippen LogP contribution is 2.13. The summed E-state index contributed by atoms with van der Waals surface area (Å²) in [5, 5.41) is 31.6. The predicted molar refractivity (Wildman–Crippen MR) is 313 cm³/mol. The van der Waals surface area contributed by atoms with Gasteiger partial charge in [-0.05, 0) is 126 Å². The summed E-state index contributed by atoms with van der Waals surface area (Å²) in [6, 6.07) is 6.82. The molecule has 9 atom stereocenters. The maximum atomic E-state index is 14.5. The maximum absolute atomic E-state index is 14.5. The second kappa shape index (κ2) is 39.2. The first-order valence-electron chi connectivity index (χ1n) is 28.4. The number of carbonyl (C=O) groups is 9. The van der Waals surface area contributed by atoms with Crippen molar-refractivity contribution in [2.45, 2.75) is 172 Å². The monoisotopic (exact) mass is 1150 g/mol. The molecule has 0 aliphatic rings. The average Bonchev–Trinajstić information content (AvgIpc) is 3.46. The van der Waals surface area contributed by atoms with Crippen LogP contribution in [0.25, 0.3) is 0 Å². The van der Waals surface area contributed by atoms with E-state index in [-0.39, 0.29) is 89.4 Å². The number of primary amides is 1. The zero-order valence-corrected chi connectivity index (χ0v) is 48.2. The molecule has 0 fully saturated rings. The van der Waals surface area contributed by atoms with E-state index in [0.717, 1.165) is 5.56 Å². The van der Waals surface area contributed by atoms with Gasteiger partial charge in [-0.2, -0.15) is 0 Å². The lowest BCUT2D eigenvalue weighted by Crippen LogP contribution is -2.61. The van der Waals surface area contributed by atoms with E-state index in [2.05, 4.69) is 47.5 Å². The molecule has 26 nitrogen and oxygen atoms in total. The molecular weight excluding hydrogens is 1060 g/mol. The highest BCUT2D eigenvalue weighted by Gasteiger charge is 2.35. The Morgan fingerprint density at radius 2 is 0.805 bits per heavy atom. The molecule has 0 saturated carbocycles. The van der Waals surface area contributed by atoms with Crippen LogP contribution in [0.2, 0.25) is 0 Å². The van der Waals surface area contributed by atoms with Crippen LogP contribution in [0.1, 0.15) is 116 Å². The Morgan fingerprint density at radius 1 is 0.451 bits per heavy atom. The zero-order chi connectivity index (χ0) is 61.1. The molecule has 26 heteroatoms. The van der Waals surface area contributed by atoms with Crippen LogP contribution in [0.5, 0.6) is 0 Å². The van der Waals surface area contributed by atoms with Gasteiger partial charge in [-0.3, -0.25) is 48.1 Å². The molecule has 458 valence electrons. The molecule has 23 N–H and O–H groups in total. The van der Waals surface area contributed by atoms with Gasteiger partial charge in [-0.25, -0.2) is 0 Å². The molecule has 9 amide bonds. The number of rotatable bonds is 41. The number of nitrogens with zero attached hydrogens (tertiary/aromatic N) is 1. The molecule has 0 aromatic heterocycles. The number of benzene rings is 2. The van der Waals surface area contributed by atoms with E-state index in [4.69, 9.17) is 40.1 Å². The van der Waals surface area contributed by atoms with Gasteiger partial charge >= 0.3 is 0 Å². The molecule has 0 spiro atoms. The van der Waals surface area contributed by atoms with Gasteiger partial charge in [-0.15, -0.1) is 0 Å². The topological polar surface area (TPSA) is 465 Å². The number of hydrogen-bond donors (Lipinski definition) is 16. The lowest BCUT2D eigenvalue weighted by atomic mass is 10.00. The average molecular weight is 1150 g/mol. The second-order valence-corrected chi connectivity index (χ2v) is 21.2. The first-order valence-corrected chi connectivity index (χ1v) is 28.4. The van der Waals surface area contributed by atoms with E-state index in [1.54, 1.807) is 44.2 Å². The highest BCUT2D eigenvalue weighted by atomic mass is 16.3. The van der Waals surface area contributed by atoms with Gasteiger partial charge in [-0.1, -0.05) is 88.4 Å². The minimum absolute atomic E-state index is 0.0143.